The Kier molecular flexibility index (Phi) is 6.62. The highest BCUT2D eigenvalue weighted by Gasteiger charge is 2.20. The fraction of sp³-hybridized carbons (Fsp3) is 0.333. The number of nitrogens with one attached hydrogen (secondary N) is 1. The van der Waals surface area contributed by atoms with Crippen LogP contribution >= 0.6 is 0 Å². The first-order chi connectivity index (χ1) is 12.4. The van der Waals surface area contributed by atoms with Gasteiger partial charge in [-0.1, -0.05) is 18.2 Å². The number of amides is 1. The summed E-state index contributed by atoms with van der Waals surface area (Å²) in [5.74, 6) is -1.01. The van der Waals surface area contributed by atoms with Crippen LogP contribution in [0.1, 0.15) is 46.5 Å². The maximum Gasteiger partial charge on any atom is 0.356 e. The number of nitrogens with zero attached hydrogens (tertiary/aromatic N) is 2. The third-order valence-corrected chi connectivity index (χ3v) is 3.47. The van der Waals surface area contributed by atoms with Crippen LogP contribution < -0.4 is 10.1 Å². The van der Waals surface area contributed by atoms with Crippen molar-refractivity contribution in [2.75, 3.05) is 13.7 Å². The smallest absolute Gasteiger partial charge is 0.356 e. The summed E-state index contributed by atoms with van der Waals surface area (Å²) in [6.07, 6.45) is 1.69. The lowest BCUT2D eigenvalue weighted by molar-refractivity contribution is 0.00608. The first-order valence-corrected chi connectivity index (χ1v) is 8.04. The Hall–Kier alpha value is -3.00. The molecule has 1 heterocycles. The van der Waals surface area contributed by atoms with E-state index < -0.39 is 18.0 Å². The monoisotopic (exact) mass is 359 g/mol. The second-order valence-corrected chi connectivity index (χ2v) is 5.72. The molecular formula is C18H21N3O5. The number of methoxy groups -OCH3 is 1. The van der Waals surface area contributed by atoms with Gasteiger partial charge in [-0.2, -0.15) is 0 Å². The van der Waals surface area contributed by atoms with E-state index in [1.54, 1.807) is 7.11 Å². The van der Waals surface area contributed by atoms with E-state index in [0.717, 1.165) is 18.0 Å². The van der Waals surface area contributed by atoms with Crippen molar-refractivity contribution >= 4 is 11.9 Å². The summed E-state index contributed by atoms with van der Waals surface area (Å²) in [6.45, 7) is 4.00. The zero-order chi connectivity index (χ0) is 19.1. The zero-order valence-corrected chi connectivity index (χ0v) is 14.8. The van der Waals surface area contributed by atoms with Crippen LogP contribution in [0.5, 0.6) is 5.75 Å². The van der Waals surface area contributed by atoms with E-state index in [1.807, 2.05) is 38.1 Å². The van der Waals surface area contributed by atoms with Crippen molar-refractivity contribution < 1.29 is 24.2 Å². The molecule has 1 atom stereocenters. The molecule has 8 heteroatoms. The Morgan fingerprint density at radius 3 is 2.38 bits per heavy atom. The van der Waals surface area contributed by atoms with Crippen LogP contribution in [0.2, 0.25) is 0 Å². The highest BCUT2D eigenvalue weighted by Crippen LogP contribution is 2.28. The molecule has 0 fully saturated rings. The first-order valence-electron chi connectivity index (χ1n) is 8.04. The number of rotatable bonds is 8. The van der Waals surface area contributed by atoms with Crippen LogP contribution in [-0.4, -0.2) is 46.7 Å². The molecule has 2 N–H and O–H groups in total. The minimum Gasteiger partial charge on any atom is -0.496 e. The van der Waals surface area contributed by atoms with Crippen molar-refractivity contribution in [3.05, 3.63) is 53.6 Å². The third-order valence-electron chi connectivity index (χ3n) is 3.47. The number of aromatic nitrogens is 2. The number of benzene rings is 1. The van der Waals surface area contributed by atoms with Crippen molar-refractivity contribution in [2.45, 2.75) is 26.1 Å². The molecule has 1 amide bonds. The highest BCUT2D eigenvalue weighted by atomic mass is 16.5. The summed E-state index contributed by atoms with van der Waals surface area (Å²) in [7, 11) is 1.57. The third kappa shape index (κ3) is 5.00. The fourth-order valence-corrected chi connectivity index (χ4v) is 2.32. The van der Waals surface area contributed by atoms with Crippen molar-refractivity contribution in [1.82, 2.24) is 15.3 Å². The first kappa shape index (κ1) is 19.3. The molecule has 1 aromatic carbocycles. The standard InChI is InChI=1S/C18H21N3O5/c1-11(2)26-16(12-6-4-5-7-15(12)25-3)10-21-17(22)13-8-20-14(9-19-13)18(23)24/h4-9,11,16H,10H2,1-3H3,(H,21,22)(H,23,24). The van der Waals surface area contributed by atoms with E-state index in [2.05, 4.69) is 15.3 Å². The molecule has 1 aromatic heterocycles. The number of ether oxygens (including phenoxy) is 2. The molecule has 1 unspecified atom stereocenters. The van der Waals surface area contributed by atoms with E-state index in [4.69, 9.17) is 14.6 Å². The molecule has 26 heavy (non-hydrogen) atoms. The van der Waals surface area contributed by atoms with Crippen LogP contribution in [0.4, 0.5) is 0 Å². The Morgan fingerprint density at radius 1 is 1.15 bits per heavy atom. The Bertz CT molecular complexity index is 762. The van der Waals surface area contributed by atoms with Gasteiger partial charge < -0.3 is 19.9 Å². The van der Waals surface area contributed by atoms with E-state index >= 15 is 0 Å². The maximum absolute atomic E-state index is 12.3. The largest absolute Gasteiger partial charge is 0.496 e. The lowest BCUT2D eigenvalue weighted by atomic mass is 10.1. The van der Waals surface area contributed by atoms with Crippen LogP contribution in [0.3, 0.4) is 0 Å². The molecule has 0 aliphatic heterocycles. The zero-order valence-electron chi connectivity index (χ0n) is 14.8. The lowest BCUT2D eigenvalue weighted by Gasteiger charge is -2.23. The summed E-state index contributed by atoms with van der Waals surface area (Å²) in [4.78, 5) is 30.6. The molecular weight excluding hydrogens is 338 g/mol. The highest BCUT2D eigenvalue weighted by molar-refractivity contribution is 5.92. The van der Waals surface area contributed by atoms with Crippen molar-refractivity contribution in [1.29, 1.82) is 0 Å². The number of hydrogen-bond acceptors (Lipinski definition) is 6. The SMILES string of the molecule is COc1ccccc1C(CNC(=O)c1cnc(C(=O)O)cn1)OC(C)C. The van der Waals surface area contributed by atoms with E-state index in [-0.39, 0.29) is 24.0 Å². The molecule has 8 nitrogen and oxygen atoms in total. The van der Waals surface area contributed by atoms with Crippen molar-refractivity contribution in [3.63, 3.8) is 0 Å². The molecule has 0 bridgehead atoms. The summed E-state index contributed by atoms with van der Waals surface area (Å²) >= 11 is 0. The predicted molar refractivity (Wildman–Crippen MR) is 93.3 cm³/mol. The molecule has 0 saturated carbocycles. The number of carbonyl (C=O) groups is 2. The number of aromatic carboxylic acids is 1. The van der Waals surface area contributed by atoms with Gasteiger partial charge in [-0.05, 0) is 19.9 Å². The number of carboxylic acids is 1. The molecule has 0 aliphatic carbocycles. The second-order valence-electron chi connectivity index (χ2n) is 5.72. The topological polar surface area (TPSA) is 111 Å². The van der Waals surface area contributed by atoms with Gasteiger partial charge in [-0.25, -0.2) is 14.8 Å². The summed E-state index contributed by atoms with van der Waals surface area (Å²) in [5.41, 5.74) is 0.617. The molecule has 0 spiro atoms. The lowest BCUT2D eigenvalue weighted by Crippen LogP contribution is -2.31. The average molecular weight is 359 g/mol. The van der Waals surface area contributed by atoms with Gasteiger partial charge in [0.15, 0.2) is 5.69 Å². The quantitative estimate of drug-likeness (QED) is 0.742. The summed E-state index contributed by atoms with van der Waals surface area (Å²) in [5, 5.41) is 11.6. The van der Waals surface area contributed by atoms with Gasteiger partial charge in [0.1, 0.15) is 17.5 Å². The van der Waals surface area contributed by atoms with E-state index in [0.29, 0.717) is 5.75 Å². The van der Waals surface area contributed by atoms with Crippen molar-refractivity contribution in [2.24, 2.45) is 0 Å². The van der Waals surface area contributed by atoms with Crippen LogP contribution in [-0.2, 0) is 4.74 Å². The van der Waals surface area contributed by atoms with E-state index in [1.165, 1.54) is 0 Å². The van der Waals surface area contributed by atoms with Gasteiger partial charge in [0, 0.05) is 12.1 Å². The van der Waals surface area contributed by atoms with Gasteiger partial charge in [0.05, 0.1) is 25.6 Å². The Morgan fingerprint density at radius 2 is 1.81 bits per heavy atom. The maximum atomic E-state index is 12.3. The number of carbonyl (C=O) groups excluding carboxylic acids is 1. The predicted octanol–water partition coefficient (Wildman–Crippen LogP) is 2.08. The molecule has 0 radical (unpaired) electrons. The normalized spacial score (nSPS) is 11.8. The number of hydrogen-bond donors (Lipinski definition) is 2. The van der Waals surface area contributed by atoms with Crippen molar-refractivity contribution in [3.8, 4) is 5.75 Å². The van der Waals surface area contributed by atoms with Crippen LogP contribution in [0.15, 0.2) is 36.7 Å². The fourth-order valence-electron chi connectivity index (χ4n) is 2.32. The Labute approximate surface area is 151 Å². The Balaban J connectivity index is 2.11. The molecule has 0 aliphatic rings. The van der Waals surface area contributed by atoms with Crippen LogP contribution in [0.25, 0.3) is 0 Å². The van der Waals surface area contributed by atoms with Gasteiger partial charge in [0.25, 0.3) is 5.91 Å². The van der Waals surface area contributed by atoms with E-state index in [9.17, 15) is 9.59 Å². The second kappa shape index (κ2) is 8.91. The van der Waals surface area contributed by atoms with Gasteiger partial charge >= 0.3 is 5.97 Å². The van der Waals surface area contributed by atoms with Crippen LogP contribution in [0, 0.1) is 0 Å². The van der Waals surface area contributed by atoms with Gasteiger partial charge in [-0.15, -0.1) is 0 Å². The molecule has 2 rings (SSSR count). The summed E-state index contributed by atoms with van der Waals surface area (Å²) < 4.78 is 11.3. The molecule has 2 aromatic rings. The van der Waals surface area contributed by atoms with Gasteiger partial charge in [0.2, 0.25) is 0 Å². The number of carboxylic acid groups (broad SMARTS) is 1. The molecule has 138 valence electrons. The molecule has 0 saturated heterocycles. The minimum atomic E-state index is -1.20. The minimum absolute atomic E-state index is 0.0262. The number of para-hydroxylation sites is 1. The summed E-state index contributed by atoms with van der Waals surface area (Å²) in [6, 6.07) is 7.42. The average Bonchev–Trinajstić information content (AvgIpc) is 2.64. The van der Waals surface area contributed by atoms with Gasteiger partial charge in [-0.3, -0.25) is 4.79 Å².